The predicted octanol–water partition coefficient (Wildman–Crippen LogP) is 3.60. The van der Waals surface area contributed by atoms with E-state index in [4.69, 9.17) is 11.6 Å². The molecule has 1 aliphatic carbocycles. The standard InChI is InChI=1S/C22H30ClN3O3/c1-3-4-5-9-20(27)24(12-17-10-11-17)13-21(28)25-14-22(29)26(15-25)19-8-6-7-18(23)16(19)2/h6-8,17H,3-5,9-15H2,1-2H3. The summed E-state index contributed by atoms with van der Waals surface area (Å²) in [5.41, 5.74) is 1.54. The molecule has 0 bridgehead atoms. The zero-order valence-electron chi connectivity index (χ0n) is 17.3. The molecule has 1 aromatic rings. The molecule has 0 radical (unpaired) electrons. The Morgan fingerprint density at radius 1 is 1.24 bits per heavy atom. The number of anilines is 1. The number of carbonyl (C=O) groups excluding carboxylic acids is 3. The maximum absolute atomic E-state index is 12.9. The highest BCUT2D eigenvalue weighted by molar-refractivity contribution is 6.31. The van der Waals surface area contributed by atoms with E-state index in [1.54, 1.807) is 21.9 Å². The van der Waals surface area contributed by atoms with E-state index in [9.17, 15) is 14.4 Å². The molecule has 0 spiro atoms. The van der Waals surface area contributed by atoms with Crippen LogP contribution in [0.3, 0.4) is 0 Å². The molecule has 1 aliphatic heterocycles. The summed E-state index contributed by atoms with van der Waals surface area (Å²) in [6, 6.07) is 5.42. The molecule has 2 fully saturated rings. The van der Waals surface area contributed by atoms with Crippen LogP contribution >= 0.6 is 11.6 Å². The molecule has 3 rings (SSSR count). The van der Waals surface area contributed by atoms with Crippen LogP contribution in [0.25, 0.3) is 0 Å². The fraction of sp³-hybridized carbons (Fsp3) is 0.591. The van der Waals surface area contributed by atoms with Crippen molar-refractivity contribution in [3.05, 3.63) is 28.8 Å². The minimum Gasteiger partial charge on any atom is -0.333 e. The first kappa shape index (κ1) is 21.6. The number of hydrogen-bond donors (Lipinski definition) is 0. The van der Waals surface area contributed by atoms with Crippen molar-refractivity contribution in [1.29, 1.82) is 0 Å². The molecule has 0 N–H and O–H groups in total. The van der Waals surface area contributed by atoms with Gasteiger partial charge in [0.1, 0.15) is 13.2 Å². The summed E-state index contributed by atoms with van der Waals surface area (Å²) >= 11 is 6.19. The molecule has 1 saturated carbocycles. The highest BCUT2D eigenvalue weighted by Crippen LogP contribution is 2.31. The Balaban J connectivity index is 1.63. The molecule has 1 aromatic carbocycles. The number of rotatable bonds is 9. The monoisotopic (exact) mass is 419 g/mol. The van der Waals surface area contributed by atoms with Gasteiger partial charge in [0.25, 0.3) is 0 Å². The van der Waals surface area contributed by atoms with E-state index in [0.717, 1.165) is 43.4 Å². The molecule has 1 saturated heterocycles. The van der Waals surface area contributed by atoms with Gasteiger partial charge in [-0.2, -0.15) is 0 Å². The van der Waals surface area contributed by atoms with Crippen LogP contribution in [-0.2, 0) is 14.4 Å². The lowest BCUT2D eigenvalue weighted by Gasteiger charge is -2.25. The van der Waals surface area contributed by atoms with Gasteiger partial charge in [-0.25, -0.2) is 0 Å². The van der Waals surface area contributed by atoms with Crippen LogP contribution in [-0.4, -0.2) is 53.8 Å². The molecule has 0 atom stereocenters. The Bertz CT molecular complexity index is 779. The molecule has 7 heteroatoms. The number of carbonyl (C=O) groups is 3. The van der Waals surface area contributed by atoms with Crippen LogP contribution in [0.4, 0.5) is 5.69 Å². The first-order valence-corrected chi connectivity index (χ1v) is 10.9. The average Bonchev–Trinajstić information content (AvgIpc) is 3.43. The van der Waals surface area contributed by atoms with Crippen molar-refractivity contribution in [3.8, 4) is 0 Å². The molecule has 3 amide bonds. The van der Waals surface area contributed by atoms with E-state index in [0.29, 0.717) is 23.9 Å². The van der Waals surface area contributed by atoms with Crippen molar-refractivity contribution in [3.63, 3.8) is 0 Å². The van der Waals surface area contributed by atoms with Gasteiger partial charge in [0, 0.05) is 23.7 Å². The molecule has 158 valence electrons. The van der Waals surface area contributed by atoms with E-state index in [1.807, 2.05) is 13.0 Å². The third-order valence-electron chi connectivity index (χ3n) is 5.67. The van der Waals surface area contributed by atoms with E-state index in [2.05, 4.69) is 6.92 Å². The lowest BCUT2D eigenvalue weighted by molar-refractivity contribution is -0.140. The Hall–Kier alpha value is -2.08. The minimum atomic E-state index is -0.176. The van der Waals surface area contributed by atoms with Gasteiger partial charge in [-0.3, -0.25) is 19.3 Å². The maximum Gasteiger partial charge on any atom is 0.248 e. The van der Waals surface area contributed by atoms with Crippen molar-refractivity contribution in [2.24, 2.45) is 5.92 Å². The molecule has 1 heterocycles. The third kappa shape index (κ3) is 5.50. The zero-order chi connectivity index (χ0) is 21.0. The average molecular weight is 420 g/mol. The summed E-state index contributed by atoms with van der Waals surface area (Å²) in [6.45, 7) is 4.90. The summed E-state index contributed by atoms with van der Waals surface area (Å²) in [7, 11) is 0. The zero-order valence-corrected chi connectivity index (χ0v) is 18.1. The second kappa shape index (κ2) is 9.61. The van der Waals surface area contributed by atoms with Gasteiger partial charge in [0.2, 0.25) is 17.7 Å². The van der Waals surface area contributed by atoms with Crippen molar-refractivity contribution in [1.82, 2.24) is 9.80 Å². The van der Waals surface area contributed by atoms with Gasteiger partial charge < -0.3 is 9.80 Å². The quantitative estimate of drug-likeness (QED) is 0.574. The van der Waals surface area contributed by atoms with Crippen molar-refractivity contribution in [2.45, 2.75) is 52.4 Å². The smallest absolute Gasteiger partial charge is 0.248 e. The first-order valence-electron chi connectivity index (χ1n) is 10.5. The lowest BCUT2D eigenvalue weighted by Crippen LogP contribution is -2.43. The lowest BCUT2D eigenvalue weighted by atomic mass is 10.2. The van der Waals surface area contributed by atoms with E-state index >= 15 is 0 Å². The van der Waals surface area contributed by atoms with Gasteiger partial charge in [-0.1, -0.05) is 37.4 Å². The van der Waals surface area contributed by atoms with Crippen molar-refractivity contribution >= 4 is 35.0 Å². The highest BCUT2D eigenvalue weighted by Gasteiger charge is 2.35. The van der Waals surface area contributed by atoms with Crippen LogP contribution < -0.4 is 4.90 Å². The number of benzene rings is 1. The molecule has 0 unspecified atom stereocenters. The van der Waals surface area contributed by atoms with Gasteiger partial charge in [0.05, 0.1) is 6.54 Å². The number of halogens is 1. The molecular formula is C22H30ClN3O3. The fourth-order valence-corrected chi connectivity index (χ4v) is 3.80. The fourth-order valence-electron chi connectivity index (χ4n) is 3.63. The highest BCUT2D eigenvalue weighted by atomic mass is 35.5. The SMILES string of the molecule is CCCCCC(=O)N(CC(=O)N1CC(=O)N(c2cccc(Cl)c2C)C1)CC1CC1. The van der Waals surface area contributed by atoms with E-state index in [-0.39, 0.29) is 37.5 Å². The second-order valence-corrected chi connectivity index (χ2v) is 8.52. The predicted molar refractivity (Wildman–Crippen MR) is 114 cm³/mol. The summed E-state index contributed by atoms with van der Waals surface area (Å²) in [6.07, 6.45) is 5.66. The maximum atomic E-state index is 12.9. The van der Waals surface area contributed by atoms with Crippen LogP contribution in [0.15, 0.2) is 18.2 Å². The van der Waals surface area contributed by atoms with Gasteiger partial charge >= 0.3 is 0 Å². The summed E-state index contributed by atoms with van der Waals surface area (Å²) in [5, 5.41) is 0.591. The summed E-state index contributed by atoms with van der Waals surface area (Å²) in [5.74, 6) is 0.257. The third-order valence-corrected chi connectivity index (χ3v) is 6.08. The number of unbranched alkanes of at least 4 members (excludes halogenated alkanes) is 2. The van der Waals surface area contributed by atoms with E-state index < -0.39 is 0 Å². The number of hydrogen-bond acceptors (Lipinski definition) is 3. The molecule has 0 aromatic heterocycles. The molecule has 29 heavy (non-hydrogen) atoms. The summed E-state index contributed by atoms with van der Waals surface area (Å²) < 4.78 is 0. The normalized spacial score (nSPS) is 16.4. The van der Waals surface area contributed by atoms with Crippen molar-refractivity contribution < 1.29 is 14.4 Å². The van der Waals surface area contributed by atoms with E-state index in [1.165, 1.54) is 4.90 Å². The Labute approximate surface area is 177 Å². The van der Waals surface area contributed by atoms with Crippen LogP contribution in [0, 0.1) is 12.8 Å². The van der Waals surface area contributed by atoms with Gasteiger partial charge in [-0.15, -0.1) is 0 Å². The van der Waals surface area contributed by atoms with Crippen LogP contribution in [0.2, 0.25) is 5.02 Å². The molecule has 6 nitrogen and oxygen atoms in total. The molecular weight excluding hydrogens is 390 g/mol. The second-order valence-electron chi connectivity index (χ2n) is 8.11. The largest absolute Gasteiger partial charge is 0.333 e. The topological polar surface area (TPSA) is 60.9 Å². The number of amides is 3. The number of nitrogens with zero attached hydrogens (tertiary/aromatic N) is 3. The van der Waals surface area contributed by atoms with Gasteiger partial charge in [0.15, 0.2) is 0 Å². The van der Waals surface area contributed by atoms with Crippen molar-refractivity contribution in [2.75, 3.05) is 31.2 Å². The minimum absolute atomic E-state index is 0.0338. The molecule has 2 aliphatic rings. The summed E-state index contributed by atoms with van der Waals surface area (Å²) in [4.78, 5) is 42.9. The van der Waals surface area contributed by atoms with Crippen LogP contribution in [0.1, 0.15) is 51.0 Å². The Morgan fingerprint density at radius 3 is 2.69 bits per heavy atom. The van der Waals surface area contributed by atoms with Crippen LogP contribution in [0.5, 0.6) is 0 Å². The Morgan fingerprint density at radius 2 is 2.00 bits per heavy atom. The Kier molecular flexibility index (Phi) is 7.17. The van der Waals surface area contributed by atoms with Gasteiger partial charge in [-0.05, 0) is 49.8 Å². The first-order chi connectivity index (χ1) is 13.9.